The number of alkyl halides is 1. The zero-order valence-electron chi connectivity index (χ0n) is 12.5. The summed E-state index contributed by atoms with van der Waals surface area (Å²) >= 11 is 6.38. The molecule has 0 bridgehead atoms. The van der Waals surface area contributed by atoms with Gasteiger partial charge < -0.3 is 5.32 Å². The molecule has 0 aliphatic rings. The van der Waals surface area contributed by atoms with Gasteiger partial charge in [-0.15, -0.1) is 11.6 Å². The molecule has 0 aliphatic heterocycles. The molecule has 3 heteroatoms. The number of aromatic nitrogens is 1. The highest BCUT2D eigenvalue weighted by Crippen LogP contribution is 2.23. The first-order chi connectivity index (χ1) is 9.46. The number of nitrogens with one attached hydrogen (secondary N) is 1. The van der Waals surface area contributed by atoms with Crippen LogP contribution in [-0.2, 0) is 6.54 Å². The molecule has 0 spiro atoms. The summed E-state index contributed by atoms with van der Waals surface area (Å²) in [4.78, 5) is 4.38. The van der Waals surface area contributed by atoms with Crippen LogP contribution in [0.4, 0.5) is 0 Å². The number of pyridine rings is 1. The van der Waals surface area contributed by atoms with Crippen LogP contribution in [0.2, 0.25) is 0 Å². The molecule has 1 N–H and O–H groups in total. The predicted molar refractivity (Wildman–Crippen MR) is 87.2 cm³/mol. The molecule has 0 radical (unpaired) electrons. The Hall–Kier alpha value is -1.12. The van der Waals surface area contributed by atoms with Crippen molar-refractivity contribution in [2.24, 2.45) is 5.41 Å². The largest absolute Gasteiger partial charge is 0.311 e. The van der Waals surface area contributed by atoms with E-state index in [4.69, 9.17) is 11.6 Å². The fourth-order valence-electron chi connectivity index (χ4n) is 2.41. The molecule has 0 aliphatic carbocycles. The molecule has 2 nitrogen and oxygen atoms in total. The topological polar surface area (TPSA) is 24.9 Å². The normalized spacial score (nSPS) is 13.6. The number of rotatable bonds is 5. The van der Waals surface area contributed by atoms with Crippen LogP contribution in [0.25, 0.3) is 10.9 Å². The van der Waals surface area contributed by atoms with Crippen LogP contribution < -0.4 is 5.32 Å². The van der Waals surface area contributed by atoms with Gasteiger partial charge in [0.2, 0.25) is 0 Å². The van der Waals surface area contributed by atoms with Gasteiger partial charge in [-0.3, -0.25) is 4.98 Å². The van der Waals surface area contributed by atoms with Gasteiger partial charge in [0.1, 0.15) is 0 Å². The number of hydrogen-bond acceptors (Lipinski definition) is 2. The Kier molecular flexibility index (Phi) is 5.00. The highest BCUT2D eigenvalue weighted by molar-refractivity contribution is 6.20. The molecule has 20 heavy (non-hydrogen) atoms. The Morgan fingerprint density at radius 2 is 1.95 bits per heavy atom. The average molecular weight is 291 g/mol. The van der Waals surface area contributed by atoms with Crippen molar-refractivity contribution in [2.75, 3.05) is 6.54 Å². The van der Waals surface area contributed by atoms with Crippen LogP contribution in [0.5, 0.6) is 0 Å². The third-order valence-corrected chi connectivity index (χ3v) is 3.56. The summed E-state index contributed by atoms with van der Waals surface area (Å²) in [5.41, 5.74) is 2.59. The molecule has 0 amide bonds. The van der Waals surface area contributed by atoms with Crippen LogP contribution in [-0.4, -0.2) is 16.9 Å². The van der Waals surface area contributed by atoms with Crippen molar-refractivity contribution >= 4 is 22.5 Å². The minimum absolute atomic E-state index is 0.170. The molecule has 1 heterocycles. The summed E-state index contributed by atoms with van der Waals surface area (Å²) in [6, 6.07) is 10.3. The second-order valence-corrected chi connectivity index (χ2v) is 7.10. The minimum atomic E-state index is 0.170. The molecule has 0 saturated carbocycles. The first-order valence-corrected chi connectivity index (χ1v) is 7.57. The number of hydrogen-bond donors (Lipinski definition) is 1. The van der Waals surface area contributed by atoms with E-state index in [9.17, 15) is 0 Å². The molecule has 1 unspecified atom stereocenters. The molecule has 0 fully saturated rings. The summed E-state index contributed by atoms with van der Waals surface area (Å²) in [7, 11) is 0. The quantitative estimate of drug-likeness (QED) is 0.827. The van der Waals surface area contributed by atoms with E-state index in [1.54, 1.807) is 0 Å². The zero-order chi connectivity index (χ0) is 14.6. The third-order valence-electron chi connectivity index (χ3n) is 3.25. The van der Waals surface area contributed by atoms with Gasteiger partial charge in [0.15, 0.2) is 0 Å². The van der Waals surface area contributed by atoms with E-state index in [1.165, 1.54) is 10.9 Å². The van der Waals surface area contributed by atoms with Gasteiger partial charge >= 0.3 is 0 Å². The first kappa shape index (κ1) is 15.3. The molecule has 1 aromatic heterocycles. The monoisotopic (exact) mass is 290 g/mol. The van der Waals surface area contributed by atoms with E-state index in [-0.39, 0.29) is 10.8 Å². The maximum Gasteiger partial charge on any atom is 0.0705 e. The lowest BCUT2D eigenvalue weighted by atomic mass is 9.90. The average Bonchev–Trinajstić information content (AvgIpc) is 2.37. The fourth-order valence-corrected chi connectivity index (χ4v) is 2.98. The Bertz CT molecular complexity index is 555. The van der Waals surface area contributed by atoms with Gasteiger partial charge in [-0.25, -0.2) is 0 Å². The van der Waals surface area contributed by atoms with E-state index in [0.29, 0.717) is 0 Å². The van der Waals surface area contributed by atoms with Crippen molar-refractivity contribution in [2.45, 2.75) is 39.1 Å². The Labute approximate surface area is 126 Å². The van der Waals surface area contributed by atoms with Crippen molar-refractivity contribution in [1.29, 1.82) is 0 Å². The van der Waals surface area contributed by atoms with E-state index in [2.05, 4.69) is 49.3 Å². The summed E-state index contributed by atoms with van der Waals surface area (Å²) in [6.07, 6.45) is 2.88. The lowest BCUT2D eigenvalue weighted by Gasteiger charge is -2.22. The Morgan fingerprint density at radius 3 is 2.70 bits per heavy atom. The molecule has 1 aromatic carbocycles. The van der Waals surface area contributed by atoms with Crippen molar-refractivity contribution in [3.63, 3.8) is 0 Å². The number of benzene rings is 1. The second kappa shape index (κ2) is 6.55. The lowest BCUT2D eigenvalue weighted by Crippen LogP contribution is -2.26. The SMILES string of the molecule is CC(C)(C)CC(Cl)CNCc1ccnc2ccccc12. The molecule has 1 atom stereocenters. The van der Waals surface area contributed by atoms with Crippen molar-refractivity contribution in [3.05, 3.63) is 42.1 Å². The van der Waals surface area contributed by atoms with Gasteiger partial charge in [-0.1, -0.05) is 39.0 Å². The van der Waals surface area contributed by atoms with E-state index >= 15 is 0 Å². The predicted octanol–water partition coefficient (Wildman–Crippen LogP) is 4.37. The van der Waals surface area contributed by atoms with Crippen molar-refractivity contribution in [1.82, 2.24) is 10.3 Å². The number of nitrogens with zero attached hydrogens (tertiary/aromatic N) is 1. The fraction of sp³-hybridized carbons (Fsp3) is 0.471. The van der Waals surface area contributed by atoms with E-state index in [0.717, 1.165) is 25.0 Å². The summed E-state index contributed by atoms with van der Waals surface area (Å²) in [5.74, 6) is 0. The minimum Gasteiger partial charge on any atom is -0.311 e. The molecule has 0 saturated heterocycles. The Morgan fingerprint density at radius 1 is 1.20 bits per heavy atom. The van der Waals surface area contributed by atoms with Crippen molar-refractivity contribution in [3.8, 4) is 0 Å². The maximum absolute atomic E-state index is 6.38. The highest BCUT2D eigenvalue weighted by atomic mass is 35.5. The van der Waals surface area contributed by atoms with Crippen LogP contribution >= 0.6 is 11.6 Å². The van der Waals surface area contributed by atoms with E-state index < -0.39 is 0 Å². The molecular formula is C17H23ClN2. The van der Waals surface area contributed by atoms with Gasteiger partial charge in [0, 0.05) is 30.0 Å². The molecule has 108 valence electrons. The maximum atomic E-state index is 6.38. The third kappa shape index (κ3) is 4.46. The zero-order valence-corrected chi connectivity index (χ0v) is 13.2. The summed E-state index contributed by atoms with van der Waals surface area (Å²) < 4.78 is 0. The summed E-state index contributed by atoms with van der Waals surface area (Å²) in [6.45, 7) is 8.32. The lowest BCUT2D eigenvalue weighted by molar-refractivity contribution is 0.364. The number of halogens is 1. The smallest absolute Gasteiger partial charge is 0.0705 e. The van der Waals surface area contributed by atoms with Gasteiger partial charge in [-0.05, 0) is 29.5 Å². The van der Waals surface area contributed by atoms with E-state index in [1.807, 2.05) is 18.3 Å². The Balaban J connectivity index is 1.93. The van der Waals surface area contributed by atoms with Crippen LogP contribution in [0, 0.1) is 5.41 Å². The van der Waals surface area contributed by atoms with Crippen LogP contribution in [0.1, 0.15) is 32.8 Å². The number of fused-ring (bicyclic) bond motifs is 1. The van der Waals surface area contributed by atoms with Gasteiger partial charge in [0.05, 0.1) is 5.52 Å². The molecule has 2 rings (SSSR count). The standard InChI is InChI=1S/C17H23ClN2/c1-17(2,3)10-14(18)12-19-11-13-8-9-20-16-7-5-4-6-15(13)16/h4-9,14,19H,10-12H2,1-3H3. The van der Waals surface area contributed by atoms with Gasteiger partial charge in [-0.2, -0.15) is 0 Å². The van der Waals surface area contributed by atoms with Gasteiger partial charge in [0.25, 0.3) is 0 Å². The number of para-hydroxylation sites is 1. The van der Waals surface area contributed by atoms with Crippen molar-refractivity contribution < 1.29 is 0 Å². The second-order valence-electron chi connectivity index (χ2n) is 6.48. The summed E-state index contributed by atoms with van der Waals surface area (Å²) in [5, 5.41) is 4.84. The highest BCUT2D eigenvalue weighted by Gasteiger charge is 2.16. The first-order valence-electron chi connectivity index (χ1n) is 7.13. The molecule has 2 aromatic rings. The van der Waals surface area contributed by atoms with Crippen LogP contribution in [0.3, 0.4) is 0 Å². The molecular weight excluding hydrogens is 268 g/mol. The van der Waals surface area contributed by atoms with Crippen LogP contribution in [0.15, 0.2) is 36.5 Å².